The van der Waals surface area contributed by atoms with E-state index in [9.17, 15) is 0 Å². The molecule has 0 unspecified atom stereocenters. The number of rotatable bonds is 8. The third kappa shape index (κ3) is 22.2. The number of halogens is 2. The van der Waals surface area contributed by atoms with Crippen molar-refractivity contribution in [1.82, 2.24) is 0 Å². The van der Waals surface area contributed by atoms with E-state index in [1.807, 2.05) is 24.3 Å². The van der Waals surface area contributed by atoms with Gasteiger partial charge >= 0.3 is 0 Å². The molecule has 240 valence electrons. The van der Waals surface area contributed by atoms with Crippen molar-refractivity contribution in [2.45, 2.75) is 19.6 Å². The molecule has 0 aliphatic heterocycles. The molecule has 0 radical (unpaired) electrons. The summed E-state index contributed by atoms with van der Waals surface area (Å²) in [5.74, 6) is 1.03. The summed E-state index contributed by atoms with van der Waals surface area (Å²) < 4.78 is 19.1. The molecule has 16 heteroatoms. The standard InChI is InChI=1S/4C7H8O2S.2ClH.2Zr/c4*1-9-10-7-5-3-2-4-6(7)8;;;;/h4*2-5,8H,1H3;2*1H;;/p-2. The van der Waals surface area contributed by atoms with Crippen LogP contribution in [-0.4, -0.2) is 48.9 Å². The summed E-state index contributed by atoms with van der Waals surface area (Å²) in [6.45, 7) is 0. The minimum absolute atomic E-state index is 0. The van der Waals surface area contributed by atoms with Crippen LogP contribution >= 0.6 is 48.2 Å². The fourth-order valence-electron chi connectivity index (χ4n) is 2.47. The van der Waals surface area contributed by atoms with Crippen LogP contribution in [0.4, 0.5) is 0 Å². The monoisotopic (exact) mass is 874 g/mol. The number of phenols is 4. The SMILES string of the molecule is COSc1ccccc1O.COSc1ccccc1O.COSc1ccccc1O.COSc1ccccc1O.[Cl-].[Cl-].[Zr].[Zr]. The summed E-state index contributed by atoms with van der Waals surface area (Å²) in [5.41, 5.74) is 0. The molecule has 0 aromatic heterocycles. The molecule has 0 spiro atoms. The molecule has 0 bridgehead atoms. The van der Waals surface area contributed by atoms with Gasteiger partial charge in [-0.1, -0.05) is 48.5 Å². The van der Waals surface area contributed by atoms with Gasteiger partial charge in [0, 0.05) is 101 Å². The van der Waals surface area contributed by atoms with Gasteiger partial charge in [-0.25, -0.2) is 0 Å². The molecule has 4 aromatic rings. The summed E-state index contributed by atoms with van der Waals surface area (Å²) in [6, 6.07) is 28.2. The second kappa shape index (κ2) is 32.6. The van der Waals surface area contributed by atoms with Crippen LogP contribution in [-0.2, 0) is 69.1 Å². The topological polar surface area (TPSA) is 118 Å². The van der Waals surface area contributed by atoms with E-state index in [2.05, 4.69) is 0 Å². The summed E-state index contributed by atoms with van der Waals surface area (Å²) in [5, 5.41) is 36.6. The molecule has 0 saturated heterocycles. The summed E-state index contributed by atoms with van der Waals surface area (Å²) in [4.78, 5) is 2.96. The Kier molecular flexibility index (Phi) is 37.4. The van der Waals surface area contributed by atoms with Crippen molar-refractivity contribution in [3.63, 3.8) is 0 Å². The zero-order valence-electron chi connectivity index (χ0n) is 24.0. The van der Waals surface area contributed by atoms with Crippen molar-refractivity contribution in [3.8, 4) is 23.0 Å². The van der Waals surface area contributed by atoms with E-state index in [1.54, 1.807) is 101 Å². The van der Waals surface area contributed by atoms with Crippen molar-refractivity contribution >= 4 is 48.2 Å². The second-order valence-electron chi connectivity index (χ2n) is 6.87. The Morgan fingerprint density at radius 3 is 0.659 bits per heavy atom. The minimum Gasteiger partial charge on any atom is -1.00 e. The Morgan fingerprint density at radius 2 is 0.523 bits per heavy atom. The zero-order valence-corrected chi connectivity index (χ0v) is 33.7. The molecule has 0 heterocycles. The van der Waals surface area contributed by atoms with Gasteiger partial charge in [-0.2, -0.15) is 0 Å². The van der Waals surface area contributed by atoms with Crippen molar-refractivity contribution in [1.29, 1.82) is 0 Å². The molecule has 0 saturated carbocycles. The van der Waals surface area contributed by atoms with Crippen LogP contribution in [0, 0.1) is 0 Å². The van der Waals surface area contributed by atoms with Crippen LogP contribution in [0.2, 0.25) is 0 Å². The average Bonchev–Trinajstić information content (AvgIpc) is 2.96. The molecule has 0 aliphatic rings. The molecule has 4 aromatic carbocycles. The van der Waals surface area contributed by atoms with E-state index in [0.29, 0.717) is 0 Å². The molecule has 4 N–H and O–H groups in total. The van der Waals surface area contributed by atoms with Crippen molar-refractivity contribution < 1.29 is 114 Å². The number of aromatic hydroxyl groups is 4. The van der Waals surface area contributed by atoms with Gasteiger partial charge in [0.15, 0.2) is 0 Å². The minimum atomic E-state index is 0. The molecule has 4 rings (SSSR count). The van der Waals surface area contributed by atoms with Crippen molar-refractivity contribution in [3.05, 3.63) is 97.1 Å². The second-order valence-corrected chi connectivity index (χ2v) is 10.6. The third-order valence-corrected chi connectivity index (χ3v) is 6.92. The van der Waals surface area contributed by atoms with E-state index >= 15 is 0 Å². The Hall–Kier alpha value is -0.334. The number of benzene rings is 4. The Labute approximate surface area is 327 Å². The van der Waals surface area contributed by atoms with E-state index in [-0.39, 0.29) is 100 Å². The van der Waals surface area contributed by atoms with Gasteiger partial charge in [0.2, 0.25) is 0 Å². The van der Waals surface area contributed by atoms with Crippen molar-refractivity contribution in [2.75, 3.05) is 28.4 Å². The molecule has 0 fully saturated rings. The van der Waals surface area contributed by atoms with E-state index in [4.69, 9.17) is 37.2 Å². The quantitative estimate of drug-likeness (QED) is 0.195. The maximum Gasteiger partial charge on any atom is 0.131 e. The first-order valence-corrected chi connectivity index (χ1v) is 14.3. The predicted octanol–water partition coefficient (Wildman–Crippen LogP) is 2.19. The van der Waals surface area contributed by atoms with Crippen LogP contribution in [0.15, 0.2) is 117 Å². The van der Waals surface area contributed by atoms with E-state index < -0.39 is 0 Å². The number of hydrogen-bond donors (Lipinski definition) is 4. The fourth-order valence-corrected chi connectivity index (χ4v) is 4.34. The molecule has 0 atom stereocenters. The zero-order chi connectivity index (χ0) is 29.6. The molecular formula is C28H32Cl2O8S4Zr2-2. The first-order chi connectivity index (χ1) is 19.4. The number of hydrogen-bond acceptors (Lipinski definition) is 12. The van der Waals surface area contributed by atoms with Gasteiger partial charge < -0.3 is 62.0 Å². The predicted molar refractivity (Wildman–Crippen MR) is 164 cm³/mol. The van der Waals surface area contributed by atoms with Crippen LogP contribution in [0.25, 0.3) is 0 Å². The van der Waals surface area contributed by atoms with Gasteiger partial charge in [-0.05, 0) is 48.5 Å². The van der Waals surface area contributed by atoms with Gasteiger partial charge in [0.05, 0.1) is 48.0 Å². The third-order valence-electron chi connectivity index (χ3n) is 4.15. The number of phenolic OH excluding ortho intramolecular Hbond substituents is 4. The average molecular weight is 878 g/mol. The first kappa shape index (κ1) is 50.5. The molecule has 0 amide bonds. The van der Waals surface area contributed by atoms with Crippen LogP contribution in [0.5, 0.6) is 23.0 Å². The molecule has 8 nitrogen and oxygen atoms in total. The normalized spacial score (nSPS) is 8.82. The van der Waals surface area contributed by atoms with Crippen LogP contribution < -0.4 is 24.8 Å². The van der Waals surface area contributed by atoms with E-state index in [0.717, 1.165) is 67.8 Å². The molecular weight excluding hydrogens is 846 g/mol. The van der Waals surface area contributed by atoms with Crippen LogP contribution in [0.1, 0.15) is 0 Å². The summed E-state index contributed by atoms with van der Waals surface area (Å²) in [6.07, 6.45) is 0. The van der Waals surface area contributed by atoms with Gasteiger partial charge in [-0.15, -0.1) is 0 Å². The van der Waals surface area contributed by atoms with Gasteiger partial charge in [0.25, 0.3) is 0 Å². The Bertz CT molecular complexity index is 1060. The Balaban J connectivity index is -0.000000235. The maximum atomic E-state index is 9.14. The summed E-state index contributed by atoms with van der Waals surface area (Å²) >= 11 is 4.61. The fraction of sp³-hybridized carbons (Fsp3) is 0.143. The van der Waals surface area contributed by atoms with Crippen molar-refractivity contribution in [2.24, 2.45) is 0 Å². The smallest absolute Gasteiger partial charge is 0.131 e. The number of para-hydroxylation sites is 4. The van der Waals surface area contributed by atoms with Crippen LogP contribution in [0.3, 0.4) is 0 Å². The first-order valence-electron chi connectivity index (χ1n) is 11.3. The maximum absolute atomic E-state index is 9.14. The Morgan fingerprint density at radius 1 is 0.364 bits per heavy atom. The van der Waals surface area contributed by atoms with Gasteiger partial charge in [-0.3, -0.25) is 0 Å². The summed E-state index contributed by atoms with van der Waals surface area (Å²) in [7, 11) is 6.27. The van der Waals surface area contributed by atoms with Gasteiger partial charge in [0.1, 0.15) is 23.0 Å². The molecule has 44 heavy (non-hydrogen) atoms. The molecule has 0 aliphatic carbocycles. The largest absolute Gasteiger partial charge is 1.00 e. The van der Waals surface area contributed by atoms with E-state index in [1.165, 1.54) is 0 Å².